The summed E-state index contributed by atoms with van der Waals surface area (Å²) in [5.41, 5.74) is 1.26. The molecule has 0 amide bonds. The number of aromatic nitrogens is 4. The molecule has 3 aromatic rings. The van der Waals surface area contributed by atoms with Crippen LogP contribution in [0.15, 0.2) is 30.3 Å². The summed E-state index contributed by atoms with van der Waals surface area (Å²) < 4.78 is 6.98. The van der Waals surface area contributed by atoms with Gasteiger partial charge in [0.05, 0.1) is 25.8 Å². The van der Waals surface area contributed by atoms with Gasteiger partial charge in [0.25, 0.3) is 0 Å². The number of carbonyl (C=O) groups excluding carboxylic acids is 1. The van der Waals surface area contributed by atoms with E-state index in [0.717, 1.165) is 22.6 Å². The van der Waals surface area contributed by atoms with Crippen molar-refractivity contribution in [3.63, 3.8) is 0 Å². The van der Waals surface area contributed by atoms with E-state index in [1.54, 1.807) is 0 Å². The van der Waals surface area contributed by atoms with Crippen molar-refractivity contribution in [1.29, 1.82) is 0 Å². The smallest absolute Gasteiger partial charge is 0.341 e. The second-order valence-corrected chi connectivity index (χ2v) is 6.12. The average Bonchev–Trinajstić information content (AvgIpc) is 3.09. The first-order valence-electron chi connectivity index (χ1n) is 8.46. The maximum Gasteiger partial charge on any atom is 0.341 e. The third-order valence-corrected chi connectivity index (χ3v) is 4.57. The number of hydrogen-bond acceptors (Lipinski definition) is 7. The summed E-state index contributed by atoms with van der Waals surface area (Å²) in [5, 5.41) is 18.4. The molecule has 1 aromatic carbocycles. The molecule has 1 aliphatic heterocycles. The zero-order chi connectivity index (χ0) is 18.1. The number of anilines is 1. The largest absolute Gasteiger partial charge is 0.465 e. The van der Waals surface area contributed by atoms with Crippen molar-refractivity contribution in [2.24, 2.45) is 0 Å². The van der Waals surface area contributed by atoms with E-state index >= 15 is 0 Å². The number of nitrogens with zero attached hydrogens (tertiary/aromatic N) is 5. The lowest BCUT2D eigenvalue weighted by Crippen LogP contribution is -2.36. The number of fused-ring (bicyclic) bond motifs is 2. The molecule has 0 unspecified atom stereocenters. The Hall–Kier alpha value is -3.00. The van der Waals surface area contributed by atoms with Gasteiger partial charge in [-0.3, -0.25) is 0 Å². The van der Waals surface area contributed by atoms with Crippen molar-refractivity contribution in [2.75, 3.05) is 25.2 Å². The Morgan fingerprint density at radius 1 is 1.27 bits per heavy atom. The maximum atomic E-state index is 12.3. The van der Waals surface area contributed by atoms with Crippen LogP contribution < -0.4 is 4.90 Å². The van der Waals surface area contributed by atoms with E-state index in [0.29, 0.717) is 37.4 Å². The monoisotopic (exact) mass is 353 g/mol. The molecule has 8 heteroatoms. The summed E-state index contributed by atoms with van der Waals surface area (Å²) in [4.78, 5) is 19.0. The van der Waals surface area contributed by atoms with Gasteiger partial charge in [0.15, 0.2) is 5.82 Å². The van der Waals surface area contributed by atoms with Gasteiger partial charge in [0, 0.05) is 24.9 Å². The first-order valence-corrected chi connectivity index (χ1v) is 8.46. The van der Waals surface area contributed by atoms with Gasteiger partial charge < -0.3 is 19.3 Å². The first kappa shape index (κ1) is 16.5. The zero-order valence-electron chi connectivity index (χ0n) is 14.4. The van der Waals surface area contributed by atoms with Crippen LogP contribution in [0.3, 0.4) is 0 Å². The summed E-state index contributed by atoms with van der Waals surface area (Å²) in [6, 6.07) is 9.50. The van der Waals surface area contributed by atoms with Crippen LogP contribution in [0.1, 0.15) is 22.0 Å². The van der Waals surface area contributed by atoms with Gasteiger partial charge in [-0.15, -0.1) is 10.2 Å². The van der Waals surface area contributed by atoms with Gasteiger partial charge >= 0.3 is 5.97 Å². The quantitative estimate of drug-likeness (QED) is 0.704. The van der Waals surface area contributed by atoms with E-state index in [1.807, 2.05) is 39.8 Å². The predicted octanol–water partition coefficient (Wildman–Crippen LogP) is 1.17. The number of methoxy groups -OCH3 is 1. The molecule has 1 aliphatic rings. The lowest BCUT2D eigenvalue weighted by molar-refractivity contribution is 0.0601. The number of hydrogen-bond donors (Lipinski definition) is 1. The number of esters is 1. The van der Waals surface area contributed by atoms with E-state index in [4.69, 9.17) is 14.8 Å². The van der Waals surface area contributed by atoms with Crippen LogP contribution >= 0.6 is 0 Å². The number of para-hydroxylation sites is 1. The van der Waals surface area contributed by atoms with Crippen molar-refractivity contribution >= 4 is 22.7 Å². The second-order valence-electron chi connectivity index (χ2n) is 6.12. The normalized spacial score (nSPS) is 13.7. The minimum absolute atomic E-state index is 0.0422. The van der Waals surface area contributed by atoms with Gasteiger partial charge in [-0.25, -0.2) is 9.78 Å². The van der Waals surface area contributed by atoms with Crippen molar-refractivity contribution in [3.05, 3.63) is 47.5 Å². The van der Waals surface area contributed by atoms with Crippen molar-refractivity contribution in [2.45, 2.75) is 19.5 Å². The van der Waals surface area contributed by atoms with Crippen LogP contribution in [-0.4, -0.2) is 51.1 Å². The van der Waals surface area contributed by atoms with E-state index in [-0.39, 0.29) is 6.61 Å². The highest BCUT2D eigenvalue weighted by molar-refractivity contribution is 5.99. The average molecular weight is 353 g/mol. The minimum atomic E-state index is -0.411. The molecular weight excluding hydrogens is 334 g/mol. The Balaban J connectivity index is 1.74. The van der Waals surface area contributed by atoms with E-state index in [2.05, 4.69) is 10.2 Å². The molecule has 0 atom stereocenters. The van der Waals surface area contributed by atoms with Gasteiger partial charge in [-0.1, -0.05) is 18.2 Å². The summed E-state index contributed by atoms with van der Waals surface area (Å²) in [6.07, 6.45) is 0.481. The molecular formula is C18H19N5O3. The minimum Gasteiger partial charge on any atom is -0.465 e. The van der Waals surface area contributed by atoms with Crippen molar-refractivity contribution < 1.29 is 14.6 Å². The molecule has 0 spiro atoms. The van der Waals surface area contributed by atoms with Crippen molar-refractivity contribution in [1.82, 2.24) is 19.7 Å². The molecule has 0 fully saturated rings. The van der Waals surface area contributed by atoms with Gasteiger partial charge in [0.2, 0.25) is 0 Å². The summed E-state index contributed by atoms with van der Waals surface area (Å²) >= 11 is 0. The number of rotatable bonds is 4. The highest BCUT2D eigenvalue weighted by Gasteiger charge is 2.26. The number of aliphatic hydroxyl groups excluding tert-OH is 1. The molecule has 134 valence electrons. The highest BCUT2D eigenvalue weighted by Crippen LogP contribution is 2.27. The topological polar surface area (TPSA) is 93.4 Å². The maximum absolute atomic E-state index is 12.3. The molecule has 8 nitrogen and oxygen atoms in total. The Bertz CT molecular complexity index is 969. The molecule has 0 aliphatic carbocycles. The van der Waals surface area contributed by atoms with E-state index in [9.17, 15) is 4.79 Å². The van der Waals surface area contributed by atoms with Gasteiger partial charge in [-0.2, -0.15) is 0 Å². The number of benzene rings is 1. The molecule has 1 N–H and O–H groups in total. The predicted molar refractivity (Wildman–Crippen MR) is 94.9 cm³/mol. The lowest BCUT2D eigenvalue weighted by Gasteiger charge is -2.30. The molecule has 0 bridgehead atoms. The standard InChI is InChI=1S/C18H19N5O3/c1-26-18(25)13-10-12-4-2-3-5-14(12)19-17(13)22-7-8-23-15(6-9-24)20-21-16(23)11-22/h2-5,10,24H,6-9,11H2,1H3. The number of ether oxygens (including phenoxy) is 1. The highest BCUT2D eigenvalue weighted by atomic mass is 16.5. The lowest BCUT2D eigenvalue weighted by atomic mass is 10.1. The van der Waals surface area contributed by atoms with Gasteiger partial charge in [0.1, 0.15) is 17.2 Å². The Morgan fingerprint density at radius 3 is 2.92 bits per heavy atom. The van der Waals surface area contributed by atoms with Crippen LogP contribution in [0.25, 0.3) is 10.9 Å². The van der Waals surface area contributed by atoms with Gasteiger partial charge in [-0.05, 0) is 12.1 Å². The summed E-state index contributed by atoms with van der Waals surface area (Å²) in [7, 11) is 1.37. The number of aliphatic hydroxyl groups is 1. The molecule has 0 saturated heterocycles. The molecule has 2 aromatic heterocycles. The van der Waals surface area contributed by atoms with Crippen LogP contribution in [0.5, 0.6) is 0 Å². The second kappa shape index (κ2) is 6.72. The molecule has 0 radical (unpaired) electrons. The molecule has 3 heterocycles. The molecule has 0 saturated carbocycles. The van der Waals surface area contributed by atoms with E-state index < -0.39 is 5.97 Å². The Kier molecular flexibility index (Phi) is 4.26. The third-order valence-electron chi connectivity index (χ3n) is 4.57. The fourth-order valence-corrected chi connectivity index (χ4v) is 3.29. The van der Waals surface area contributed by atoms with Crippen LogP contribution in [0, 0.1) is 0 Å². The van der Waals surface area contributed by atoms with Crippen LogP contribution in [0.4, 0.5) is 5.82 Å². The first-order chi connectivity index (χ1) is 12.7. The van der Waals surface area contributed by atoms with E-state index in [1.165, 1.54) is 7.11 Å². The SMILES string of the molecule is COC(=O)c1cc2ccccc2nc1N1CCn2c(CCO)nnc2C1. The Labute approximate surface area is 150 Å². The van der Waals surface area contributed by atoms with Crippen LogP contribution in [0.2, 0.25) is 0 Å². The molecule has 26 heavy (non-hydrogen) atoms. The summed E-state index contributed by atoms with van der Waals surface area (Å²) in [6.45, 7) is 1.87. The number of pyridine rings is 1. The third kappa shape index (κ3) is 2.78. The number of carbonyl (C=O) groups is 1. The van der Waals surface area contributed by atoms with Crippen molar-refractivity contribution in [3.8, 4) is 0 Å². The fraction of sp³-hybridized carbons (Fsp3) is 0.333. The fourth-order valence-electron chi connectivity index (χ4n) is 3.29. The zero-order valence-corrected chi connectivity index (χ0v) is 14.4. The Morgan fingerprint density at radius 2 is 2.12 bits per heavy atom. The van der Waals surface area contributed by atoms with Crippen LogP contribution in [-0.2, 0) is 24.2 Å². The summed E-state index contributed by atoms with van der Waals surface area (Å²) in [5.74, 6) is 1.76. The molecule has 4 rings (SSSR count).